The molecule has 7 rings (SSSR count). The molecule has 1 aliphatic rings. The second kappa shape index (κ2) is 24.6. The Morgan fingerprint density at radius 2 is 0.955 bits per heavy atom. The summed E-state index contributed by atoms with van der Waals surface area (Å²) in [5.74, 6) is 0. The number of benzene rings is 6. The van der Waals surface area contributed by atoms with Crippen LogP contribution in [0.1, 0.15) is 151 Å². The van der Waals surface area contributed by atoms with Crippen LogP contribution in [0.15, 0.2) is 158 Å². The third-order valence-electron chi connectivity index (χ3n) is 13.0. The summed E-state index contributed by atoms with van der Waals surface area (Å²) < 4.78 is 1.30. The number of allylic oxidation sites excluding steroid dienone is 1. The van der Waals surface area contributed by atoms with Gasteiger partial charge in [-0.3, -0.25) is 0 Å². The number of para-hydroxylation sites is 2. The van der Waals surface area contributed by atoms with Crippen LogP contribution in [0, 0.1) is 20.8 Å². The van der Waals surface area contributed by atoms with Gasteiger partial charge in [-0.15, -0.1) is 5.41 Å². The molecule has 2 N–H and O–H groups in total. The monoisotopic (exact) mass is 1000 g/mol. The predicted octanol–water partition coefficient (Wildman–Crippen LogP) is 17.5. The fourth-order valence-corrected chi connectivity index (χ4v) is 11.8. The summed E-state index contributed by atoms with van der Waals surface area (Å²) in [5.41, 5.74) is 16.1. The Balaban J connectivity index is 0.000000192. The normalized spacial score (nSPS) is 14.7. The van der Waals surface area contributed by atoms with Gasteiger partial charge < -0.3 is 17.6 Å². The van der Waals surface area contributed by atoms with Gasteiger partial charge >= 0.3 is 112 Å². The van der Waals surface area contributed by atoms with Gasteiger partial charge in [0.05, 0.1) is 0 Å². The number of halogens is 1. The maximum atomic E-state index is 6.10. The van der Waals surface area contributed by atoms with E-state index in [4.69, 9.17) is 9.69 Å². The van der Waals surface area contributed by atoms with Crippen molar-refractivity contribution < 1.29 is 15.7 Å². The number of rotatable bonds is 17. The molecule has 0 bridgehead atoms. The van der Waals surface area contributed by atoms with Crippen molar-refractivity contribution in [3.8, 4) is 0 Å². The van der Waals surface area contributed by atoms with E-state index in [0.717, 1.165) is 32.1 Å². The van der Waals surface area contributed by atoms with Crippen LogP contribution < -0.4 is 10.6 Å². The molecular weight excluding hydrogens is 921 g/mol. The Hall–Kier alpha value is -4.56. The molecule has 0 amide bonds. The van der Waals surface area contributed by atoms with Crippen LogP contribution in [-0.4, -0.2) is 15.2 Å². The van der Waals surface area contributed by atoms with Crippen molar-refractivity contribution in [1.82, 2.24) is 0 Å². The van der Waals surface area contributed by atoms with Crippen LogP contribution in [0.2, 0.25) is 0 Å². The van der Waals surface area contributed by atoms with E-state index in [1.807, 2.05) is 6.07 Å². The van der Waals surface area contributed by atoms with Crippen molar-refractivity contribution in [3.63, 3.8) is 0 Å². The van der Waals surface area contributed by atoms with Crippen molar-refractivity contribution in [2.45, 2.75) is 149 Å². The van der Waals surface area contributed by atoms with Crippen LogP contribution in [0.4, 0.5) is 11.4 Å². The first kappa shape index (κ1) is 53.4. The van der Waals surface area contributed by atoms with E-state index in [2.05, 4.69) is 245 Å². The molecule has 0 radical (unpaired) electrons. The van der Waals surface area contributed by atoms with Gasteiger partial charge in [0.15, 0.2) is 0 Å². The molecule has 4 heteroatoms. The van der Waals surface area contributed by atoms with Crippen molar-refractivity contribution in [3.05, 3.63) is 215 Å². The van der Waals surface area contributed by atoms with E-state index >= 15 is 0 Å². The van der Waals surface area contributed by atoms with Crippen LogP contribution in [0.25, 0.3) is 5.57 Å². The van der Waals surface area contributed by atoms with Crippen LogP contribution in [0.5, 0.6) is 0 Å². The topological polar surface area (TPSA) is 24.1 Å². The summed E-state index contributed by atoms with van der Waals surface area (Å²) in [6.07, 6.45) is 11.3. The minimum absolute atomic E-state index is 0.0222. The zero-order valence-corrected chi connectivity index (χ0v) is 45.1. The van der Waals surface area contributed by atoms with Gasteiger partial charge in [0.2, 0.25) is 0 Å². The average molecular weight is 1000 g/mol. The molecule has 67 heavy (non-hydrogen) atoms. The van der Waals surface area contributed by atoms with Crippen molar-refractivity contribution >= 4 is 30.7 Å². The summed E-state index contributed by atoms with van der Waals surface area (Å²) in [6, 6.07) is 53.9. The molecule has 0 fully saturated rings. The van der Waals surface area contributed by atoms with E-state index < -0.39 is 0 Å². The SMILES string of the molecule is CCCc1cccc(C)c1NC(C)(C)CC(C)(CCC)c1ccccc1.[CH2-]C(C)(CC(C)(C)Nc1c(C)cccc1CCC)c1ccccc1.[Cl][Ru]=[C]1C=C(c2ccccc2)c2ccccc21. The number of nitrogens with one attached hydrogen (secondary N) is 2. The Labute approximate surface area is 418 Å². The van der Waals surface area contributed by atoms with Crippen LogP contribution in [0.3, 0.4) is 0 Å². The molecule has 0 aliphatic heterocycles. The van der Waals surface area contributed by atoms with Crippen LogP contribution in [-0.2, 0) is 39.4 Å². The van der Waals surface area contributed by atoms with Crippen molar-refractivity contribution in [1.29, 1.82) is 0 Å². The average Bonchev–Trinajstić information content (AvgIpc) is 3.69. The second-order valence-corrected chi connectivity index (χ2v) is 22.6. The molecule has 0 aromatic heterocycles. The van der Waals surface area contributed by atoms with Gasteiger partial charge in [-0.2, -0.15) is 0 Å². The van der Waals surface area contributed by atoms with Crippen LogP contribution >= 0.6 is 9.69 Å². The quantitative estimate of drug-likeness (QED) is 0.0703. The molecule has 6 aromatic rings. The molecule has 2 atom stereocenters. The van der Waals surface area contributed by atoms with Gasteiger partial charge in [-0.05, 0) is 107 Å². The molecule has 0 saturated carbocycles. The zero-order chi connectivity index (χ0) is 48.7. The van der Waals surface area contributed by atoms with E-state index in [-0.39, 0.29) is 37.6 Å². The second-order valence-electron chi connectivity index (χ2n) is 20.6. The third kappa shape index (κ3) is 15.0. The summed E-state index contributed by atoms with van der Waals surface area (Å²) in [6.45, 7) is 29.6. The molecule has 0 heterocycles. The first-order chi connectivity index (χ1) is 32.0. The summed E-state index contributed by atoms with van der Waals surface area (Å²) in [4.78, 5) is 0. The fraction of sp³-hybridized carbons (Fsp3) is 0.365. The molecule has 0 saturated heterocycles. The number of hydrogen-bond donors (Lipinski definition) is 2. The number of hydrogen-bond acceptors (Lipinski definition) is 2. The standard InChI is InChI=1S/C25H37N.C23H32N.C15H10.ClH.Ru/c1-7-13-21-15-12-14-20(3)23(21)26-24(4,5)19-25(6,18-8-2)22-16-10-9-11-17-22;1-7-12-19-14-11-13-18(2)21(19)24-23(5,6)17-22(3,4)20-15-9-8-10-16-20;1-2-6-12(7-3-1)15-11-10-13-8-4-5-9-14(13)15;;/h9-12,14-17,26H,7-8,13,18-19H2,1-6H3;8-11,13-16,24H,3,7,12,17H2,1-2,4-6H3;1-9,11H;1H;/q;-1;;;+1/p-1. The predicted molar refractivity (Wildman–Crippen MR) is 293 cm³/mol. The third-order valence-corrected chi connectivity index (χ3v) is 14.9. The molecule has 2 nitrogen and oxygen atoms in total. The summed E-state index contributed by atoms with van der Waals surface area (Å²) >= 11 is -0.218. The van der Waals surface area contributed by atoms with Crippen molar-refractivity contribution in [2.24, 2.45) is 0 Å². The van der Waals surface area contributed by atoms with E-state index in [9.17, 15) is 0 Å². The molecular formula is C63H79ClN2Ru-. The molecule has 6 aromatic carbocycles. The molecule has 357 valence electrons. The Morgan fingerprint density at radius 3 is 1.43 bits per heavy atom. The number of anilines is 2. The van der Waals surface area contributed by atoms with E-state index in [1.54, 1.807) is 0 Å². The zero-order valence-electron chi connectivity index (χ0n) is 42.6. The van der Waals surface area contributed by atoms with Crippen molar-refractivity contribution in [2.75, 3.05) is 10.6 Å². The van der Waals surface area contributed by atoms with Gasteiger partial charge in [-0.25, -0.2) is 0 Å². The van der Waals surface area contributed by atoms with Gasteiger partial charge in [-0.1, -0.05) is 157 Å². The van der Waals surface area contributed by atoms with E-state index in [0.29, 0.717) is 0 Å². The minimum atomic E-state index is -0.218. The Bertz CT molecular complexity index is 2520. The fourth-order valence-electron chi connectivity index (χ4n) is 10.3. The van der Waals surface area contributed by atoms with Gasteiger partial charge in [0, 0.05) is 22.5 Å². The first-order valence-corrected chi connectivity index (χ1v) is 27.7. The van der Waals surface area contributed by atoms with Gasteiger partial charge in [0.25, 0.3) is 0 Å². The Morgan fingerprint density at radius 1 is 0.507 bits per heavy atom. The molecule has 2 unspecified atom stereocenters. The molecule has 0 spiro atoms. The number of fused-ring (bicyclic) bond motifs is 1. The van der Waals surface area contributed by atoms with Gasteiger partial charge in [0.1, 0.15) is 0 Å². The number of aryl methyl sites for hydroxylation is 4. The summed E-state index contributed by atoms with van der Waals surface area (Å²) in [5, 5.41) is 7.75. The van der Waals surface area contributed by atoms with E-state index in [1.165, 1.54) is 90.4 Å². The first-order valence-electron chi connectivity index (χ1n) is 24.6. The summed E-state index contributed by atoms with van der Waals surface area (Å²) in [7, 11) is 6.10. The Kier molecular flexibility index (Phi) is 19.6. The maximum absolute atomic E-state index is 6.10. The molecule has 1 aliphatic carbocycles.